The molecule has 3 rings (SSSR count). The van der Waals surface area contributed by atoms with Gasteiger partial charge in [-0.05, 0) is 31.4 Å². The van der Waals surface area contributed by atoms with Crippen LogP contribution in [0.15, 0.2) is 36.5 Å². The van der Waals surface area contributed by atoms with Crippen LogP contribution < -0.4 is 16.4 Å². The second-order valence-corrected chi connectivity index (χ2v) is 5.92. The summed E-state index contributed by atoms with van der Waals surface area (Å²) >= 11 is 0. The number of hydrogen-bond acceptors (Lipinski definition) is 4. The van der Waals surface area contributed by atoms with Crippen LogP contribution in [0.2, 0.25) is 0 Å². The number of halogens is 2. The minimum Gasteiger partial charge on any atom is -0.347 e. The molecular formula is C17H22Cl2N4O2. The Hall–Kier alpha value is -1.89. The lowest BCUT2D eigenvalue weighted by atomic mass is 10.1. The topological polar surface area (TPSA) is 97.1 Å². The zero-order valence-corrected chi connectivity index (χ0v) is 15.2. The van der Waals surface area contributed by atoms with Crippen molar-refractivity contribution in [2.24, 2.45) is 11.7 Å². The first-order valence-corrected chi connectivity index (χ1v) is 7.80. The van der Waals surface area contributed by atoms with E-state index >= 15 is 0 Å². The van der Waals surface area contributed by atoms with Crippen LogP contribution in [0.1, 0.15) is 19.3 Å². The Kier molecular flexibility index (Phi) is 8.09. The lowest BCUT2D eigenvalue weighted by Crippen LogP contribution is -2.36. The summed E-state index contributed by atoms with van der Waals surface area (Å²) < 4.78 is 0. The van der Waals surface area contributed by atoms with Gasteiger partial charge in [-0.15, -0.1) is 24.8 Å². The summed E-state index contributed by atoms with van der Waals surface area (Å²) in [5.41, 5.74) is 7.18. The summed E-state index contributed by atoms with van der Waals surface area (Å²) in [6.07, 6.45) is 4.04. The smallest absolute Gasteiger partial charge is 0.243 e. The number of pyridine rings is 1. The maximum atomic E-state index is 12.1. The Morgan fingerprint density at radius 2 is 1.92 bits per heavy atom. The molecule has 0 bridgehead atoms. The highest BCUT2D eigenvalue weighted by Gasteiger charge is 2.27. The number of aromatic nitrogens is 1. The van der Waals surface area contributed by atoms with Gasteiger partial charge in [0, 0.05) is 23.5 Å². The highest BCUT2D eigenvalue weighted by Crippen LogP contribution is 2.24. The number of amides is 2. The number of anilines is 1. The highest BCUT2D eigenvalue weighted by atomic mass is 35.5. The molecule has 1 aromatic heterocycles. The summed E-state index contributed by atoms with van der Waals surface area (Å²) in [6.45, 7) is -0.0478. The Bertz CT molecular complexity index is 736. The maximum Gasteiger partial charge on any atom is 0.243 e. The van der Waals surface area contributed by atoms with Gasteiger partial charge in [0.25, 0.3) is 0 Å². The fourth-order valence-electron chi connectivity index (χ4n) is 2.97. The SMILES string of the molecule is Cl.Cl.NC1CCC(C(=O)NCC(=O)Nc2cccc3cccnc23)C1. The van der Waals surface area contributed by atoms with Gasteiger partial charge in [0.2, 0.25) is 11.8 Å². The molecule has 0 saturated heterocycles. The lowest BCUT2D eigenvalue weighted by molar-refractivity contribution is -0.127. The van der Waals surface area contributed by atoms with Crippen molar-refractivity contribution in [2.45, 2.75) is 25.3 Å². The van der Waals surface area contributed by atoms with E-state index in [1.54, 1.807) is 12.3 Å². The molecule has 2 aromatic rings. The number of hydrogen-bond donors (Lipinski definition) is 3. The van der Waals surface area contributed by atoms with Crippen LogP contribution >= 0.6 is 24.8 Å². The molecule has 4 N–H and O–H groups in total. The molecular weight excluding hydrogens is 363 g/mol. The summed E-state index contributed by atoms with van der Waals surface area (Å²) in [4.78, 5) is 28.3. The Morgan fingerprint density at radius 3 is 2.64 bits per heavy atom. The van der Waals surface area contributed by atoms with E-state index in [0.29, 0.717) is 12.1 Å². The summed E-state index contributed by atoms with van der Waals surface area (Å²) in [5, 5.41) is 6.44. The van der Waals surface area contributed by atoms with Crippen LogP contribution in [0.25, 0.3) is 10.9 Å². The van der Waals surface area contributed by atoms with E-state index in [9.17, 15) is 9.59 Å². The first kappa shape index (κ1) is 21.2. The van der Waals surface area contributed by atoms with E-state index in [-0.39, 0.29) is 55.1 Å². The summed E-state index contributed by atoms with van der Waals surface area (Å²) in [5.74, 6) is -0.431. The summed E-state index contributed by atoms with van der Waals surface area (Å²) in [6, 6.07) is 9.47. The number of nitrogens with two attached hydrogens (primary N) is 1. The number of nitrogens with zero attached hydrogens (tertiary/aromatic N) is 1. The largest absolute Gasteiger partial charge is 0.347 e. The molecule has 2 atom stereocenters. The van der Waals surface area contributed by atoms with Crippen LogP contribution in [-0.4, -0.2) is 29.4 Å². The van der Waals surface area contributed by atoms with Crippen molar-refractivity contribution < 1.29 is 9.59 Å². The predicted molar refractivity (Wildman–Crippen MR) is 103 cm³/mol. The molecule has 0 aliphatic heterocycles. The van der Waals surface area contributed by atoms with Crippen molar-refractivity contribution in [3.8, 4) is 0 Å². The minimum absolute atomic E-state index is 0. The standard InChI is InChI=1S/C17H20N4O2.2ClH/c18-13-7-6-12(9-13)17(23)20-10-15(22)21-14-5-1-3-11-4-2-8-19-16(11)14;;/h1-5,8,12-13H,6-7,9-10,18H2,(H,20,23)(H,21,22);2*1H. The van der Waals surface area contributed by atoms with Crippen molar-refractivity contribution in [3.05, 3.63) is 36.5 Å². The van der Waals surface area contributed by atoms with E-state index < -0.39 is 0 Å². The molecule has 1 heterocycles. The number of carbonyl (C=O) groups is 2. The van der Waals surface area contributed by atoms with Gasteiger partial charge in [-0.2, -0.15) is 0 Å². The Morgan fingerprint density at radius 1 is 1.16 bits per heavy atom. The van der Waals surface area contributed by atoms with Crippen LogP contribution in [0, 0.1) is 5.92 Å². The molecule has 1 aliphatic carbocycles. The van der Waals surface area contributed by atoms with Gasteiger partial charge in [0.05, 0.1) is 17.7 Å². The normalized spacial score (nSPS) is 18.8. The summed E-state index contributed by atoms with van der Waals surface area (Å²) in [7, 11) is 0. The fraction of sp³-hybridized carbons (Fsp3) is 0.353. The van der Waals surface area contributed by atoms with Crippen molar-refractivity contribution in [1.82, 2.24) is 10.3 Å². The lowest BCUT2D eigenvalue weighted by Gasteiger charge is -2.11. The zero-order chi connectivity index (χ0) is 16.2. The van der Waals surface area contributed by atoms with E-state index in [4.69, 9.17) is 5.73 Å². The fourth-order valence-corrected chi connectivity index (χ4v) is 2.97. The first-order chi connectivity index (χ1) is 11.1. The van der Waals surface area contributed by atoms with E-state index in [2.05, 4.69) is 15.6 Å². The molecule has 1 aromatic carbocycles. The molecule has 8 heteroatoms. The van der Waals surface area contributed by atoms with Gasteiger partial charge in [-0.1, -0.05) is 18.2 Å². The third-order valence-electron chi connectivity index (χ3n) is 4.17. The molecule has 136 valence electrons. The van der Waals surface area contributed by atoms with Crippen LogP contribution in [-0.2, 0) is 9.59 Å². The molecule has 6 nitrogen and oxygen atoms in total. The van der Waals surface area contributed by atoms with Gasteiger partial charge in [0.1, 0.15) is 0 Å². The van der Waals surface area contributed by atoms with Crippen molar-refractivity contribution in [3.63, 3.8) is 0 Å². The maximum absolute atomic E-state index is 12.1. The van der Waals surface area contributed by atoms with E-state index in [1.807, 2.05) is 24.3 Å². The Balaban J connectivity index is 0.00000156. The number of para-hydroxylation sites is 1. The monoisotopic (exact) mass is 384 g/mol. The van der Waals surface area contributed by atoms with Crippen molar-refractivity contribution >= 4 is 53.2 Å². The van der Waals surface area contributed by atoms with Gasteiger partial charge < -0.3 is 16.4 Å². The molecule has 0 spiro atoms. The number of nitrogens with one attached hydrogen (secondary N) is 2. The van der Waals surface area contributed by atoms with Gasteiger partial charge in [-0.25, -0.2) is 0 Å². The molecule has 25 heavy (non-hydrogen) atoms. The quantitative estimate of drug-likeness (QED) is 0.752. The van der Waals surface area contributed by atoms with Crippen LogP contribution in [0.4, 0.5) is 5.69 Å². The van der Waals surface area contributed by atoms with Gasteiger partial charge >= 0.3 is 0 Å². The zero-order valence-electron chi connectivity index (χ0n) is 13.6. The Labute approximate surface area is 158 Å². The predicted octanol–water partition coefficient (Wildman–Crippen LogP) is 2.26. The third kappa shape index (κ3) is 5.29. The second-order valence-electron chi connectivity index (χ2n) is 5.92. The van der Waals surface area contributed by atoms with E-state index in [1.165, 1.54) is 0 Å². The third-order valence-corrected chi connectivity index (χ3v) is 4.17. The average Bonchev–Trinajstić information content (AvgIpc) is 2.99. The van der Waals surface area contributed by atoms with Crippen LogP contribution in [0.3, 0.4) is 0 Å². The molecule has 2 amide bonds. The number of fused-ring (bicyclic) bond motifs is 1. The second kappa shape index (κ2) is 9.56. The number of rotatable bonds is 4. The molecule has 1 aliphatic rings. The highest BCUT2D eigenvalue weighted by molar-refractivity contribution is 6.01. The average molecular weight is 385 g/mol. The van der Waals surface area contributed by atoms with Crippen LogP contribution in [0.5, 0.6) is 0 Å². The minimum atomic E-state index is -0.265. The molecule has 1 fully saturated rings. The molecule has 1 saturated carbocycles. The van der Waals surface area contributed by atoms with Gasteiger partial charge in [-0.3, -0.25) is 14.6 Å². The number of benzene rings is 1. The van der Waals surface area contributed by atoms with Crippen molar-refractivity contribution in [2.75, 3.05) is 11.9 Å². The molecule has 2 unspecified atom stereocenters. The van der Waals surface area contributed by atoms with Gasteiger partial charge in [0.15, 0.2) is 0 Å². The van der Waals surface area contributed by atoms with E-state index in [0.717, 1.165) is 23.7 Å². The molecule has 0 radical (unpaired) electrons. The van der Waals surface area contributed by atoms with Crippen molar-refractivity contribution in [1.29, 1.82) is 0 Å². The first-order valence-electron chi connectivity index (χ1n) is 7.80. The number of carbonyl (C=O) groups excluding carboxylic acids is 2.